The van der Waals surface area contributed by atoms with Crippen molar-refractivity contribution in [3.8, 4) is 0 Å². The first-order valence-corrected chi connectivity index (χ1v) is 9.55. The second kappa shape index (κ2) is 7.44. The number of nitrogens with zero attached hydrogens (tertiary/aromatic N) is 2. The van der Waals surface area contributed by atoms with Crippen LogP contribution in [0.5, 0.6) is 0 Å². The smallest absolute Gasteiger partial charge is 0.258 e. The number of alkyl halides is 2. The highest BCUT2D eigenvalue weighted by molar-refractivity contribution is 6.06. The minimum Gasteiger partial charge on any atom is -0.366 e. The number of rotatable bonds is 7. The number of hydrogen-bond donors (Lipinski definition) is 2. The van der Waals surface area contributed by atoms with Gasteiger partial charge < -0.3 is 11.1 Å². The van der Waals surface area contributed by atoms with Gasteiger partial charge in [-0.1, -0.05) is 30.3 Å². The van der Waals surface area contributed by atoms with Crippen molar-refractivity contribution < 1.29 is 18.4 Å². The average molecular weight is 410 g/mol. The molecule has 2 atom stereocenters. The number of benzene rings is 2. The van der Waals surface area contributed by atoms with Gasteiger partial charge in [-0.05, 0) is 30.2 Å². The number of aromatic nitrogens is 2. The lowest BCUT2D eigenvalue weighted by molar-refractivity contribution is -0.121. The lowest BCUT2D eigenvalue weighted by Gasteiger charge is -2.17. The number of amides is 1. The minimum absolute atomic E-state index is 0.0147. The molecule has 154 valence electrons. The van der Waals surface area contributed by atoms with E-state index >= 15 is 0 Å². The molecular weight excluding hydrogens is 390 g/mol. The third-order valence-corrected chi connectivity index (χ3v) is 5.33. The molecule has 1 heterocycles. The first-order valence-electron chi connectivity index (χ1n) is 9.55. The van der Waals surface area contributed by atoms with Crippen molar-refractivity contribution in [2.24, 2.45) is 11.7 Å². The first kappa shape index (κ1) is 19.9. The molecule has 8 heteroatoms. The molecule has 1 unspecified atom stereocenters. The van der Waals surface area contributed by atoms with E-state index in [0.29, 0.717) is 27.8 Å². The molecule has 1 fully saturated rings. The Morgan fingerprint density at radius 2 is 1.97 bits per heavy atom. The van der Waals surface area contributed by atoms with E-state index in [1.54, 1.807) is 30.3 Å². The van der Waals surface area contributed by atoms with Gasteiger partial charge in [-0.25, -0.2) is 18.7 Å². The standard InChI is InChI=1S/C22H20F2N4O2/c1-12(14-5-2-4-13(8-14)9-18(29)17-10-22(17,23)24)28-21-16-7-3-6-15(20(25)30)19(16)26-11-27-21/h2-8,11-12,17H,9-10H2,1H3,(H2,25,30)(H,26,27,28)/t12-,17?/m1/s1. The zero-order valence-corrected chi connectivity index (χ0v) is 16.2. The minimum atomic E-state index is -2.85. The molecular formula is C22H20F2N4O2. The molecule has 1 aliphatic rings. The van der Waals surface area contributed by atoms with E-state index in [1.165, 1.54) is 6.33 Å². The Kier molecular flexibility index (Phi) is 4.93. The summed E-state index contributed by atoms with van der Waals surface area (Å²) in [6.07, 6.45) is 0.992. The molecule has 0 spiro atoms. The number of hydrogen-bond acceptors (Lipinski definition) is 5. The lowest BCUT2D eigenvalue weighted by Crippen LogP contribution is -2.14. The van der Waals surface area contributed by atoms with Gasteiger partial charge in [-0.3, -0.25) is 9.59 Å². The normalized spacial score (nSPS) is 18.0. The third-order valence-electron chi connectivity index (χ3n) is 5.33. The number of nitrogens with one attached hydrogen (secondary N) is 1. The predicted molar refractivity (Wildman–Crippen MR) is 108 cm³/mol. The Morgan fingerprint density at radius 1 is 1.23 bits per heavy atom. The van der Waals surface area contributed by atoms with Gasteiger partial charge in [0.05, 0.1) is 17.0 Å². The van der Waals surface area contributed by atoms with Crippen molar-refractivity contribution in [2.45, 2.75) is 31.7 Å². The van der Waals surface area contributed by atoms with Gasteiger partial charge in [0, 0.05) is 24.3 Å². The Labute approximate surface area is 171 Å². The molecule has 0 saturated heterocycles. The van der Waals surface area contributed by atoms with Gasteiger partial charge >= 0.3 is 0 Å². The van der Waals surface area contributed by atoms with E-state index in [9.17, 15) is 18.4 Å². The monoisotopic (exact) mass is 410 g/mol. The van der Waals surface area contributed by atoms with E-state index < -0.39 is 23.5 Å². The fourth-order valence-electron chi connectivity index (χ4n) is 3.55. The molecule has 30 heavy (non-hydrogen) atoms. The number of nitrogens with two attached hydrogens (primary N) is 1. The average Bonchev–Trinajstić information content (AvgIpc) is 3.36. The van der Waals surface area contributed by atoms with Crippen LogP contribution in [0.25, 0.3) is 10.9 Å². The van der Waals surface area contributed by atoms with Crippen LogP contribution in [-0.2, 0) is 11.2 Å². The fraction of sp³-hybridized carbons (Fsp3) is 0.273. The number of carbonyl (C=O) groups excluding carboxylic acids is 2. The highest BCUT2D eigenvalue weighted by Gasteiger charge is 2.60. The van der Waals surface area contributed by atoms with Gasteiger partial charge in [0.25, 0.3) is 11.8 Å². The van der Waals surface area contributed by atoms with Crippen LogP contribution >= 0.6 is 0 Å². The molecule has 0 bridgehead atoms. The molecule has 1 aliphatic carbocycles. The van der Waals surface area contributed by atoms with Crippen molar-refractivity contribution in [1.82, 2.24) is 9.97 Å². The Hall–Kier alpha value is -3.42. The van der Waals surface area contributed by atoms with Crippen LogP contribution in [0.15, 0.2) is 48.8 Å². The zero-order chi connectivity index (χ0) is 21.5. The topological polar surface area (TPSA) is 98.0 Å². The van der Waals surface area contributed by atoms with Crippen molar-refractivity contribution in [3.05, 3.63) is 65.5 Å². The van der Waals surface area contributed by atoms with Crippen LogP contribution in [0.2, 0.25) is 0 Å². The van der Waals surface area contributed by atoms with Crippen molar-refractivity contribution in [3.63, 3.8) is 0 Å². The summed E-state index contributed by atoms with van der Waals surface area (Å²) in [5, 5.41) is 3.94. The Balaban J connectivity index is 1.55. The second-order valence-corrected chi connectivity index (χ2v) is 7.56. The van der Waals surface area contributed by atoms with E-state index in [4.69, 9.17) is 5.73 Å². The van der Waals surface area contributed by atoms with Crippen LogP contribution in [-0.4, -0.2) is 27.6 Å². The number of para-hydroxylation sites is 1. The van der Waals surface area contributed by atoms with Crippen LogP contribution in [0.1, 0.15) is 40.9 Å². The number of halogens is 2. The lowest BCUT2D eigenvalue weighted by atomic mass is 10.0. The highest BCUT2D eigenvalue weighted by Crippen LogP contribution is 2.49. The molecule has 2 aromatic carbocycles. The Morgan fingerprint density at radius 3 is 2.67 bits per heavy atom. The van der Waals surface area contributed by atoms with E-state index in [0.717, 1.165) is 5.56 Å². The summed E-state index contributed by atoms with van der Waals surface area (Å²) >= 11 is 0. The molecule has 3 N–H and O–H groups in total. The van der Waals surface area contributed by atoms with Gasteiger partial charge in [-0.2, -0.15) is 0 Å². The number of fused-ring (bicyclic) bond motifs is 1. The molecule has 1 aromatic heterocycles. The molecule has 1 saturated carbocycles. The van der Waals surface area contributed by atoms with Gasteiger partial charge in [-0.15, -0.1) is 0 Å². The molecule has 0 radical (unpaired) electrons. The predicted octanol–water partition coefficient (Wildman–Crippen LogP) is 3.67. The quantitative estimate of drug-likeness (QED) is 0.619. The first-order chi connectivity index (χ1) is 14.3. The molecule has 0 aliphatic heterocycles. The summed E-state index contributed by atoms with van der Waals surface area (Å²) in [4.78, 5) is 32.2. The van der Waals surface area contributed by atoms with Crippen molar-refractivity contribution in [1.29, 1.82) is 0 Å². The highest BCUT2D eigenvalue weighted by atomic mass is 19.3. The second-order valence-electron chi connectivity index (χ2n) is 7.56. The summed E-state index contributed by atoms with van der Waals surface area (Å²) in [5.74, 6) is -4.46. The van der Waals surface area contributed by atoms with Crippen LogP contribution < -0.4 is 11.1 Å². The summed E-state index contributed by atoms with van der Waals surface area (Å²) < 4.78 is 26.3. The van der Waals surface area contributed by atoms with E-state index in [-0.39, 0.29) is 18.9 Å². The number of anilines is 1. The largest absolute Gasteiger partial charge is 0.366 e. The number of carbonyl (C=O) groups is 2. The summed E-state index contributed by atoms with van der Waals surface area (Å²) in [6.45, 7) is 1.92. The van der Waals surface area contributed by atoms with Gasteiger partial charge in [0.2, 0.25) is 0 Å². The molecule has 4 rings (SSSR count). The number of ketones is 1. The van der Waals surface area contributed by atoms with Gasteiger partial charge in [0.1, 0.15) is 17.9 Å². The summed E-state index contributed by atoms with van der Waals surface area (Å²) in [7, 11) is 0. The van der Waals surface area contributed by atoms with Crippen molar-refractivity contribution in [2.75, 3.05) is 5.32 Å². The van der Waals surface area contributed by atoms with Gasteiger partial charge in [0.15, 0.2) is 0 Å². The summed E-state index contributed by atoms with van der Waals surface area (Å²) in [6, 6.07) is 12.2. The SMILES string of the molecule is C[C@@H](Nc1ncnc2c(C(N)=O)cccc12)c1cccc(CC(=O)C2CC2(F)F)c1. The third kappa shape index (κ3) is 3.85. The fourth-order valence-corrected chi connectivity index (χ4v) is 3.55. The van der Waals surface area contributed by atoms with Crippen LogP contribution in [0.3, 0.4) is 0 Å². The molecule has 3 aromatic rings. The zero-order valence-electron chi connectivity index (χ0n) is 16.2. The number of Topliss-reactive ketones (excluding diaryl/α,β-unsaturated/α-hetero) is 1. The number of primary amides is 1. The maximum absolute atomic E-state index is 13.1. The van der Waals surface area contributed by atoms with Crippen LogP contribution in [0.4, 0.5) is 14.6 Å². The molecule has 1 amide bonds. The van der Waals surface area contributed by atoms with Crippen molar-refractivity contribution >= 4 is 28.4 Å². The van der Waals surface area contributed by atoms with Crippen LogP contribution in [0, 0.1) is 5.92 Å². The van der Waals surface area contributed by atoms with E-state index in [1.807, 2.05) is 19.1 Å². The van der Waals surface area contributed by atoms with E-state index in [2.05, 4.69) is 15.3 Å². The Bertz CT molecular complexity index is 1150. The maximum Gasteiger partial charge on any atom is 0.258 e. The molecule has 6 nitrogen and oxygen atoms in total. The maximum atomic E-state index is 13.1. The summed E-state index contributed by atoms with van der Waals surface area (Å²) in [5.41, 5.74) is 7.76.